The van der Waals surface area contributed by atoms with Gasteiger partial charge >= 0.3 is 0 Å². The van der Waals surface area contributed by atoms with Crippen molar-refractivity contribution in [2.45, 2.75) is 20.3 Å². The topological polar surface area (TPSA) is 25.8 Å². The maximum Gasteiger partial charge on any atom is 0.121 e. The zero-order valence-corrected chi connectivity index (χ0v) is 6.98. The Bertz CT molecular complexity index is 227. The largest absolute Gasteiger partial charge is 0.144 e. The summed E-state index contributed by atoms with van der Waals surface area (Å²) in [6.07, 6.45) is 5.03. The highest BCUT2D eigenvalue weighted by atomic mass is 32.1. The molecule has 1 heterocycles. The summed E-state index contributed by atoms with van der Waals surface area (Å²) in [7, 11) is 0. The summed E-state index contributed by atoms with van der Waals surface area (Å²) in [6, 6.07) is 0. The molecule has 0 aliphatic carbocycles. The molecular weight excluding hydrogens is 144 g/mol. The van der Waals surface area contributed by atoms with Crippen LogP contribution in [0.5, 0.6) is 0 Å². The smallest absolute Gasteiger partial charge is 0.121 e. The van der Waals surface area contributed by atoms with Crippen LogP contribution in [0.4, 0.5) is 0 Å². The Balaban J connectivity index is 2.58. The minimum atomic E-state index is 0.919. The molecule has 3 heteroatoms. The first-order valence-electron chi connectivity index (χ1n) is 3.23. The third-order valence-electron chi connectivity index (χ3n) is 1.10. The lowest BCUT2D eigenvalue weighted by atomic mass is 10.4. The van der Waals surface area contributed by atoms with Crippen molar-refractivity contribution in [1.82, 2.24) is 10.2 Å². The minimum absolute atomic E-state index is 0.919. The van der Waals surface area contributed by atoms with Gasteiger partial charge in [0.1, 0.15) is 10.0 Å². The number of aryl methyl sites for hydroxylation is 1. The first-order chi connectivity index (χ1) is 4.83. The molecule has 0 unspecified atom stereocenters. The van der Waals surface area contributed by atoms with Crippen molar-refractivity contribution >= 4 is 11.3 Å². The Hall–Kier alpha value is -0.700. The summed E-state index contributed by atoms with van der Waals surface area (Å²) in [6.45, 7) is 3.98. The van der Waals surface area contributed by atoms with Gasteiger partial charge in [-0.25, -0.2) is 0 Å². The zero-order chi connectivity index (χ0) is 7.40. The average Bonchev–Trinajstić information content (AvgIpc) is 2.31. The SMILES string of the molecule is CC=CCc1nnc(C)s1. The highest BCUT2D eigenvalue weighted by molar-refractivity contribution is 7.11. The third-order valence-corrected chi connectivity index (χ3v) is 1.96. The molecule has 0 bridgehead atoms. The van der Waals surface area contributed by atoms with Gasteiger partial charge in [0.15, 0.2) is 0 Å². The number of allylic oxidation sites excluding steroid dienone is 2. The monoisotopic (exact) mass is 154 g/mol. The second-order valence-electron chi connectivity index (χ2n) is 1.99. The lowest BCUT2D eigenvalue weighted by molar-refractivity contribution is 0.991. The quantitative estimate of drug-likeness (QED) is 0.608. The zero-order valence-electron chi connectivity index (χ0n) is 6.16. The van der Waals surface area contributed by atoms with E-state index in [4.69, 9.17) is 0 Å². The van der Waals surface area contributed by atoms with Crippen LogP contribution in [0.3, 0.4) is 0 Å². The molecular formula is C7H10N2S. The van der Waals surface area contributed by atoms with Gasteiger partial charge in [-0.3, -0.25) is 0 Å². The van der Waals surface area contributed by atoms with Crippen LogP contribution in [0.15, 0.2) is 12.2 Å². The van der Waals surface area contributed by atoms with Crippen molar-refractivity contribution in [3.63, 3.8) is 0 Å². The van der Waals surface area contributed by atoms with E-state index in [1.807, 2.05) is 19.9 Å². The van der Waals surface area contributed by atoms with Crippen LogP contribution in [0.2, 0.25) is 0 Å². The Kier molecular flexibility index (Phi) is 2.57. The van der Waals surface area contributed by atoms with Gasteiger partial charge in [-0.1, -0.05) is 12.2 Å². The lowest BCUT2D eigenvalue weighted by Gasteiger charge is -1.80. The first kappa shape index (κ1) is 7.41. The van der Waals surface area contributed by atoms with Crippen molar-refractivity contribution in [2.24, 2.45) is 0 Å². The minimum Gasteiger partial charge on any atom is -0.144 e. The fourth-order valence-electron chi connectivity index (χ4n) is 0.639. The standard InChI is InChI=1S/C7H10N2S/c1-3-4-5-7-9-8-6(2)10-7/h3-4H,5H2,1-2H3. The third kappa shape index (κ3) is 1.92. The van der Waals surface area contributed by atoms with Crippen molar-refractivity contribution in [2.75, 3.05) is 0 Å². The number of aromatic nitrogens is 2. The highest BCUT2D eigenvalue weighted by Gasteiger charge is 1.95. The fourth-order valence-corrected chi connectivity index (χ4v) is 1.32. The molecule has 0 aromatic carbocycles. The van der Waals surface area contributed by atoms with Gasteiger partial charge in [-0.05, 0) is 13.8 Å². The van der Waals surface area contributed by atoms with E-state index in [1.165, 1.54) is 0 Å². The Labute approximate surface area is 64.6 Å². The molecule has 0 aliphatic heterocycles. The van der Waals surface area contributed by atoms with Crippen LogP contribution < -0.4 is 0 Å². The van der Waals surface area contributed by atoms with Crippen LogP contribution in [0, 0.1) is 6.92 Å². The summed E-state index contributed by atoms with van der Waals surface area (Å²) in [4.78, 5) is 0. The molecule has 0 aliphatic rings. The number of rotatable bonds is 2. The van der Waals surface area contributed by atoms with Crippen molar-refractivity contribution < 1.29 is 0 Å². The molecule has 10 heavy (non-hydrogen) atoms. The van der Waals surface area contributed by atoms with E-state index in [2.05, 4.69) is 16.3 Å². The van der Waals surface area contributed by atoms with Crippen molar-refractivity contribution in [3.05, 3.63) is 22.2 Å². The van der Waals surface area contributed by atoms with Gasteiger partial charge in [-0.2, -0.15) is 0 Å². The van der Waals surface area contributed by atoms with Gasteiger partial charge in [0.05, 0.1) is 0 Å². The number of nitrogens with zero attached hydrogens (tertiary/aromatic N) is 2. The number of hydrogen-bond donors (Lipinski definition) is 0. The van der Waals surface area contributed by atoms with Crippen LogP contribution in [0.1, 0.15) is 16.9 Å². The summed E-state index contributed by atoms with van der Waals surface area (Å²) < 4.78 is 0. The second-order valence-corrected chi connectivity index (χ2v) is 3.25. The van der Waals surface area contributed by atoms with Gasteiger partial charge in [-0.15, -0.1) is 21.5 Å². The molecule has 0 saturated heterocycles. The van der Waals surface area contributed by atoms with Crippen molar-refractivity contribution in [1.29, 1.82) is 0 Å². The Morgan fingerprint density at radius 2 is 2.30 bits per heavy atom. The molecule has 1 rings (SSSR count). The maximum absolute atomic E-state index is 3.97. The van der Waals surface area contributed by atoms with E-state index in [0.29, 0.717) is 0 Å². The molecule has 0 spiro atoms. The van der Waals surface area contributed by atoms with E-state index < -0.39 is 0 Å². The fraction of sp³-hybridized carbons (Fsp3) is 0.429. The van der Waals surface area contributed by atoms with Gasteiger partial charge in [0, 0.05) is 6.42 Å². The summed E-state index contributed by atoms with van der Waals surface area (Å²) in [5.74, 6) is 0. The molecule has 2 nitrogen and oxygen atoms in total. The van der Waals surface area contributed by atoms with Crippen molar-refractivity contribution in [3.8, 4) is 0 Å². The second kappa shape index (κ2) is 3.46. The molecule has 0 fully saturated rings. The predicted octanol–water partition coefficient (Wildman–Crippen LogP) is 1.97. The predicted molar refractivity (Wildman–Crippen MR) is 43.2 cm³/mol. The van der Waals surface area contributed by atoms with Crippen LogP contribution >= 0.6 is 11.3 Å². The molecule has 0 atom stereocenters. The molecule has 0 saturated carbocycles. The molecule has 1 aromatic rings. The normalized spacial score (nSPS) is 11.0. The van der Waals surface area contributed by atoms with E-state index in [9.17, 15) is 0 Å². The lowest BCUT2D eigenvalue weighted by Crippen LogP contribution is -1.77. The number of hydrogen-bond acceptors (Lipinski definition) is 3. The molecule has 54 valence electrons. The van der Waals surface area contributed by atoms with E-state index >= 15 is 0 Å². The van der Waals surface area contributed by atoms with Gasteiger partial charge < -0.3 is 0 Å². The van der Waals surface area contributed by atoms with Crippen LogP contribution in [-0.2, 0) is 6.42 Å². The van der Waals surface area contributed by atoms with Gasteiger partial charge in [0.25, 0.3) is 0 Å². The summed E-state index contributed by atoms with van der Waals surface area (Å²) in [5, 5.41) is 10.0. The van der Waals surface area contributed by atoms with Crippen LogP contribution in [-0.4, -0.2) is 10.2 Å². The van der Waals surface area contributed by atoms with E-state index in [1.54, 1.807) is 11.3 Å². The van der Waals surface area contributed by atoms with E-state index in [-0.39, 0.29) is 0 Å². The van der Waals surface area contributed by atoms with E-state index in [0.717, 1.165) is 16.4 Å². The van der Waals surface area contributed by atoms with Gasteiger partial charge in [0.2, 0.25) is 0 Å². The Morgan fingerprint density at radius 1 is 1.50 bits per heavy atom. The summed E-state index contributed by atoms with van der Waals surface area (Å²) in [5.41, 5.74) is 0. The molecule has 0 radical (unpaired) electrons. The summed E-state index contributed by atoms with van der Waals surface area (Å²) >= 11 is 1.65. The average molecular weight is 154 g/mol. The van der Waals surface area contributed by atoms with Crippen LogP contribution in [0.25, 0.3) is 0 Å². The molecule has 1 aromatic heterocycles. The molecule has 0 N–H and O–H groups in total. The maximum atomic E-state index is 3.97. The highest BCUT2D eigenvalue weighted by Crippen LogP contribution is 2.08. The first-order valence-corrected chi connectivity index (χ1v) is 4.04. The Morgan fingerprint density at radius 3 is 2.80 bits per heavy atom. The molecule has 0 amide bonds.